The van der Waals surface area contributed by atoms with Gasteiger partial charge in [0.05, 0.1) is 0 Å². The van der Waals surface area contributed by atoms with Gasteiger partial charge in [-0.25, -0.2) is 0 Å². The van der Waals surface area contributed by atoms with Crippen LogP contribution in [-0.2, 0) is 17.7 Å². The van der Waals surface area contributed by atoms with Crippen molar-refractivity contribution in [3.8, 4) is 0 Å². The van der Waals surface area contributed by atoms with Gasteiger partial charge in [-0.15, -0.1) is 0 Å². The molecule has 0 aromatic carbocycles. The fourth-order valence-electron chi connectivity index (χ4n) is 3.58. The summed E-state index contributed by atoms with van der Waals surface area (Å²) in [5, 5.41) is 0. The molecule has 0 aromatic rings. The van der Waals surface area contributed by atoms with E-state index in [9.17, 15) is 0 Å². The SMILES string of the molecule is CCCC[Si](CCC[Si](CCCC)(OCCC)OCCC)(OCCC)OCCC. The molecule has 6 heteroatoms. The van der Waals surface area contributed by atoms with Gasteiger partial charge in [-0.05, 0) is 56.3 Å². The Bertz CT molecular complexity index is 280. The van der Waals surface area contributed by atoms with Crippen LogP contribution in [0.1, 0.15) is 99.3 Å². The summed E-state index contributed by atoms with van der Waals surface area (Å²) in [6.07, 6.45) is 10.2. The topological polar surface area (TPSA) is 36.9 Å². The smallest absolute Gasteiger partial charge is 0.338 e. The van der Waals surface area contributed by atoms with E-state index in [0.717, 1.165) is 82.7 Å². The van der Waals surface area contributed by atoms with Crippen molar-refractivity contribution < 1.29 is 17.7 Å². The van der Waals surface area contributed by atoms with Crippen molar-refractivity contribution in [2.75, 3.05) is 26.4 Å². The Morgan fingerprint density at radius 3 is 0.897 bits per heavy atom. The van der Waals surface area contributed by atoms with E-state index >= 15 is 0 Å². The molecule has 0 aliphatic heterocycles. The Hall–Kier alpha value is 0.274. The Labute approximate surface area is 184 Å². The van der Waals surface area contributed by atoms with Gasteiger partial charge in [0, 0.05) is 26.4 Å². The molecule has 0 N–H and O–H groups in total. The van der Waals surface area contributed by atoms with Crippen LogP contribution in [-0.4, -0.2) is 43.5 Å². The highest BCUT2D eigenvalue weighted by Crippen LogP contribution is 2.30. The summed E-state index contributed by atoms with van der Waals surface area (Å²) in [4.78, 5) is 0. The van der Waals surface area contributed by atoms with Gasteiger partial charge in [-0.2, -0.15) is 0 Å². The first-order valence-electron chi connectivity index (χ1n) is 12.6. The lowest BCUT2D eigenvalue weighted by Crippen LogP contribution is -2.45. The standard InChI is InChI=1S/C23H52O4Si2/c1-7-13-20-28(24-16-9-3,25-17-10-4)22-15-23-29(21-14-8-2,26-18-11-5)27-19-12-6/h7-23H2,1-6H3. The van der Waals surface area contributed by atoms with Gasteiger partial charge in [0.1, 0.15) is 0 Å². The van der Waals surface area contributed by atoms with Gasteiger partial charge in [0.15, 0.2) is 0 Å². The predicted octanol–water partition coefficient (Wildman–Crippen LogP) is 7.57. The molecule has 4 nitrogen and oxygen atoms in total. The lowest BCUT2D eigenvalue weighted by molar-refractivity contribution is 0.160. The van der Waals surface area contributed by atoms with Crippen molar-refractivity contribution in [3.63, 3.8) is 0 Å². The second-order valence-electron chi connectivity index (χ2n) is 8.28. The fraction of sp³-hybridized carbons (Fsp3) is 1.00. The van der Waals surface area contributed by atoms with Crippen LogP contribution in [0.3, 0.4) is 0 Å². The van der Waals surface area contributed by atoms with Crippen LogP contribution in [0.4, 0.5) is 0 Å². The maximum absolute atomic E-state index is 6.49. The Balaban J connectivity index is 5.21. The maximum Gasteiger partial charge on any atom is 0.338 e. The molecule has 0 aliphatic rings. The van der Waals surface area contributed by atoms with Gasteiger partial charge in [0.25, 0.3) is 0 Å². The van der Waals surface area contributed by atoms with E-state index in [1.165, 1.54) is 25.7 Å². The van der Waals surface area contributed by atoms with Gasteiger partial charge in [-0.1, -0.05) is 67.2 Å². The molecule has 0 fully saturated rings. The molecule has 0 radical (unpaired) electrons. The summed E-state index contributed by atoms with van der Waals surface area (Å²) < 4.78 is 26.0. The predicted molar refractivity (Wildman–Crippen MR) is 130 cm³/mol. The first kappa shape index (κ1) is 29.3. The molecule has 0 saturated carbocycles. The van der Waals surface area contributed by atoms with E-state index in [1.54, 1.807) is 0 Å². The highest BCUT2D eigenvalue weighted by atomic mass is 28.4. The van der Waals surface area contributed by atoms with Crippen LogP contribution in [0.25, 0.3) is 0 Å². The van der Waals surface area contributed by atoms with Crippen LogP contribution in [0.5, 0.6) is 0 Å². The van der Waals surface area contributed by atoms with E-state index in [4.69, 9.17) is 17.7 Å². The first-order chi connectivity index (χ1) is 14.1. The largest absolute Gasteiger partial charge is 0.394 e. The minimum Gasteiger partial charge on any atom is -0.394 e. The normalized spacial score (nSPS) is 12.6. The lowest BCUT2D eigenvalue weighted by atomic mass is 10.4. The molecule has 0 bridgehead atoms. The minimum atomic E-state index is -2.14. The van der Waals surface area contributed by atoms with Gasteiger partial charge in [0.2, 0.25) is 0 Å². The maximum atomic E-state index is 6.49. The molecule has 0 saturated heterocycles. The molecule has 0 unspecified atom stereocenters. The molecule has 29 heavy (non-hydrogen) atoms. The molecule has 0 atom stereocenters. The monoisotopic (exact) mass is 448 g/mol. The Morgan fingerprint density at radius 2 is 0.655 bits per heavy atom. The molecule has 0 aliphatic carbocycles. The van der Waals surface area contributed by atoms with Crippen molar-refractivity contribution in [1.29, 1.82) is 0 Å². The number of hydrogen-bond acceptors (Lipinski definition) is 4. The van der Waals surface area contributed by atoms with E-state index in [1.807, 2.05) is 0 Å². The number of rotatable bonds is 22. The second-order valence-corrected chi connectivity index (χ2v) is 15.1. The zero-order valence-corrected chi connectivity index (χ0v) is 22.7. The number of unbranched alkanes of at least 4 members (excludes halogenated alkanes) is 2. The van der Waals surface area contributed by atoms with Crippen LogP contribution in [0.15, 0.2) is 0 Å². The number of hydrogen-bond donors (Lipinski definition) is 0. The third-order valence-corrected chi connectivity index (χ3v) is 12.6. The summed E-state index contributed by atoms with van der Waals surface area (Å²) in [7, 11) is -4.28. The highest BCUT2D eigenvalue weighted by Gasteiger charge is 2.40. The van der Waals surface area contributed by atoms with Gasteiger partial charge >= 0.3 is 17.1 Å². The summed E-state index contributed by atoms with van der Waals surface area (Å²) in [6.45, 7) is 16.6. The molecular formula is C23H52O4Si2. The average Bonchev–Trinajstić information content (AvgIpc) is 2.75. The van der Waals surface area contributed by atoms with Crippen LogP contribution in [0, 0.1) is 0 Å². The lowest BCUT2D eigenvalue weighted by Gasteiger charge is -2.34. The highest BCUT2D eigenvalue weighted by molar-refractivity contribution is 6.69. The van der Waals surface area contributed by atoms with Crippen LogP contribution < -0.4 is 0 Å². The Morgan fingerprint density at radius 1 is 0.379 bits per heavy atom. The van der Waals surface area contributed by atoms with Crippen molar-refractivity contribution in [2.45, 2.75) is 124 Å². The molecule has 0 rings (SSSR count). The summed E-state index contributed by atoms with van der Waals surface area (Å²) in [5.41, 5.74) is 0. The van der Waals surface area contributed by atoms with Gasteiger partial charge < -0.3 is 17.7 Å². The quantitative estimate of drug-likeness (QED) is 0.160. The fourth-order valence-corrected chi connectivity index (χ4v) is 11.3. The van der Waals surface area contributed by atoms with Crippen LogP contribution in [0.2, 0.25) is 24.2 Å². The molecular weight excluding hydrogens is 396 g/mol. The van der Waals surface area contributed by atoms with E-state index < -0.39 is 17.1 Å². The zero-order valence-electron chi connectivity index (χ0n) is 20.7. The Kier molecular flexibility index (Phi) is 19.2. The molecule has 0 heterocycles. The third kappa shape index (κ3) is 13.3. The summed E-state index contributed by atoms with van der Waals surface area (Å²) in [5.74, 6) is 0. The van der Waals surface area contributed by atoms with E-state index in [0.29, 0.717) is 0 Å². The summed E-state index contributed by atoms with van der Waals surface area (Å²) in [6, 6.07) is 4.41. The van der Waals surface area contributed by atoms with Crippen molar-refractivity contribution in [1.82, 2.24) is 0 Å². The molecule has 0 amide bonds. The van der Waals surface area contributed by atoms with Crippen LogP contribution >= 0.6 is 0 Å². The minimum absolute atomic E-state index is 0.830. The average molecular weight is 449 g/mol. The van der Waals surface area contributed by atoms with Crippen molar-refractivity contribution >= 4 is 17.1 Å². The summed E-state index contributed by atoms with van der Waals surface area (Å²) >= 11 is 0. The second kappa shape index (κ2) is 19.0. The van der Waals surface area contributed by atoms with Gasteiger partial charge in [-0.3, -0.25) is 0 Å². The van der Waals surface area contributed by atoms with Crippen molar-refractivity contribution in [2.24, 2.45) is 0 Å². The molecule has 176 valence electrons. The zero-order chi connectivity index (χ0) is 21.8. The molecule has 0 aromatic heterocycles. The molecule has 0 spiro atoms. The van der Waals surface area contributed by atoms with E-state index in [-0.39, 0.29) is 0 Å². The third-order valence-electron chi connectivity index (χ3n) is 5.21. The van der Waals surface area contributed by atoms with Crippen molar-refractivity contribution in [3.05, 3.63) is 0 Å². The first-order valence-corrected chi connectivity index (χ1v) is 17.1. The van der Waals surface area contributed by atoms with E-state index in [2.05, 4.69) is 41.5 Å².